The summed E-state index contributed by atoms with van der Waals surface area (Å²) in [6.07, 6.45) is 3.68. The van der Waals surface area contributed by atoms with Gasteiger partial charge < -0.3 is 38.1 Å². The lowest BCUT2D eigenvalue weighted by molar-refractivity contribution is -0.385. The van der Waals surface area contributed by atoms with Gasteiger partial charge in [0.05, 0.1) is 76.1 Å². The number of carbonyl (C=O) groups excluding carboxylic acids is 1. The number of hydrogen-bond donors (Lipinski definition) is 1. The number of ether oxygens (including phenoxy) is 7. The number of benzene rings is 3. The highest BCUT2D eigenvalue weighted by Crippen LogP contribution is 2.43. The summed E-state index contributed by atoms with van der Waals surface area (Å²) >= 11 is 3.62. The Morgan fingerprint density at radius 1 is 0.873 bits per heavy atom. The van der Waals surface area contributed by atoms with E-state index in [4.69, 9.17) is 38.0 Å². The summed E-state index contributed by atoms with van der Waals surface area (Å²) in [5.41, 5.74) is 5.03. The van der Waals surface area contributed by atoms with Crippen LogP contribution in [0.2, 0.25) is 0 Å². The van der Waals surface area contributed by atoms with Crippen LogP contribution in [-0.2, 0) is 4.84 Å². The molecule has 1 fully saturated rings. The number of nitro groups is 1. The lowest BCUT2D eigenvalue weighted by Gasteiger charge is -2.31. The normalized spacial score (nSPS) is 16.4. The van der Waals surface area contributed by atoms with Gasteiger partial charge in [-0.3, -0.25) is 25.2 Å². The zero-order valence-electron chi connectivity index (χ0n) is 32.2. The molecule has 0 spiro atoms. The minimum absolute atomic E-state index is 0.00293. The van der Waals surface area contributed by atoms with Crippen LogP contribution in [0.15, 0.2) is 48.5 Å². The van der Waals surface area contributed by atoms with E-state index in [0.29, 0.717) is 41.7 Å². The van der Waals surface area contributed by atoms with Gasteiger partial charge in [0, 0.05) is 24.6 Å². The van der Waals surface area contributed by atoms with Gasteiger partial charge in [0.2, 0.25) is 5.75 Å². The number of amides is 1. The molecule has 1 unspecified atom stereocenters. The second kappa shape index (κ2) is 19.8. The molecule has 16 heteroatoms. The minimum Gasteiger partial charge on any atom is -0.493 e. The Hall–Kier alpha value is -4.67. The number of carbonyl (C=O) groups is 1. The molecule has 1 amide bonds. The van der Waals surface area contributed by atoms with Crippen molar-refractivity contribution in [3.63, 3.8) is 0 Å². The van der Waals surface area contributed by atoms with E-state index < -0.39 is 11.0 Å². The van der Waals surface area contributed by atoms with Gasteiger partial charge in [-0.15, -0.1) is 23.5 Å². The summed E-state index contributed by atoms with van der Waals surface area (Å²) in [7, 11) is 7.68. The van der Waals surface area contributed by atoms with Crippen molar-refractivity contribution in [3.8, 4) is 40.2 Å². The van der Waals surface area contributed by atoms with Crippen LogP contribution in [-0.4, -0.2) is 93.2 Å². The van der Waals surface area contributed by atoms with E-state index in [1.807, 2.05) is 53.9 Å². The van der Waals surface area contributed by atoms with E-state index in [0.717, 1.165) is 41.2 Å². The number of thioether (sulfide) groups is 2. The summed E-state index contributed by atoms with van der Waals surface area (Å²) in [5, 5.41) is 12.2. The van der Waals surface area contributed by atoms with Gasteiger partial charge >= 0.3 is 0 Å². The predicted molar refractivity (Wildman–Crippen MR) is 213 cm³/mol. The highest BCUT2D eigenvalue weighted by molar-refractivity contribution is 8.17. The SMILES string of the molecule is CCSC(SCC)[C@@H]1CCCN1C(=O)c1cc(OC)c(OCCCOc2ccc(C3=CC(c4cc(OC)c(OC)c(OC)c4)ON3)cc2OC)cc1[N+](=O)[O-]. The Morgan fingerprint density at radius 2 is 1.51 bits per heavy atom. The summed E-state index contributed by atoms with van der Waals surface area (Å²) < 4.78 is 39.8. The van der Waals surface area contributed by atoms with Gasteiger partial charge in [-0.05, 0) is 66.3 Å². The first-order valence-corrected chi connectivity index (χ1v) is 20.1. The first-order chi connectivity index (χ1) is 26.7. The van der Waals surface area contributed by atoms with Crippen molar-refractivity contribution in [2.75, 3.05) is 66.8 Å². The van der Waals surface area contributed by atoms with Crippen molar-refractivity contribution >= 4 is 40.8 Å². The lowest BCUT2D eigenvalue weighted by Crippen LogP contribution is -2.41. The van der Waals surface area contributed by atoms with Gasteiger partial charge in [-0.25, -0.2) is 0 Å². The van der Waals surface area contributed by atoms with Crippen LogP contribution in [0.3, 0.4) is 0 Å². The molecular weight excluding hydrogens is 751 g/mol. The third-order valence-electron chi connectivity index (χ3n) is 9.15. The van der Waals surface area contributed by atoms with E-state index in [-0.39, 0.29) is 52.5 Å². The van der Waals surface area contributed by atoms with Crippen LogP contribution >= 0.6 is 23.5 Å². The Morgan fingerprint density at radius 3 is 2.11 bits per heavy atom. The Kier molecular flexibility index (Phi) is 14.9. The van der Waals surface area contributed by atoms with Gasteiger partial charge in [0.25, 0.3) is 11.6 Å². The molecule has 2 heterocycles. The average Bonchev–Trinajstić information content (AvgIpc) is 3.91. The molecule has 3 aromatic rings. The number of nitrogens with one attached hydrogen (secondary N) is 1. The number of nitro benzene ring substituents is 1. The first kappa shape index (κ1) is 41.5. The zero-order chi connectivity index (χ0) is 39.5. The van der Waals surface area contributed by atoms with Crippen LogP contribution in [0.1, 0.15) is 60.7 Å². The summed E-state index contributed by atoms with van der Waals surface area (Å²) in [5.74, 6) is 4.49. The molecule has 2 aliphatic heterocycles. The van der Waals surface area contributed by atoms with E-state index in [1.165, 1.54) is 19.2 Å². The summed E-state index contributed by atoms with van der Waals surface area (Å²) in [4.78, 5) is 33.2. The summed E-state index contributed by atoms with van der Waals surface area (Å²) in [6.45, 7) is 5.20. The fourth-order valence-electron chi connectivity index (χ4n) is 6.53. The van der Waals surface area contributed by atoms with Gasteiger partial charge in [-0.2, -0.15) is 0 Å². The smallest absolute Gasteiger partial charge is 0.286 e. The Labute approximate surface area is 330 Å². The zero-order valence-corrected chi connectivity index (χ0v) is 33.8. The van der Waals surface area contributed by atoms with Crippen LogP contribution < -0.4 is 38.6 Å². The number of hydrogen-bond acceptors (Lipinski definition) is 14. The molecule has 1 saturated heterocycles. The molecule has 0 radical (unpaired) electrons. The third kappa shape index (κ3) is 9.59. The number of nitrogens with zero attached hydrogens (tertiary/aromatic N) is 2. The minimum atomic E-state index is -0.542. The molecule has 3 aromatic carbocycles. The topological polar surface area (TPSA) is 149 Å². The molecule has 0 bridgehead atoms. The fraction of sp³-hybridized carbons (Fsp3) is 0.462. The highest BCUT2D eigenvalue weighted by atomic mass is 32.2. The summed E-state index contributed by atoms with van der Waals surface area (Å²) in [6, 6.07) is 11.9. The molecule has 298 valence electrons. The molecule has 0 aromatic heterocycles. The third-order valence-corrected chi connectivity index (χ3v) is 11.9. The molecule has 2 aliphatic rings. The van der Waals surface area contributed by atoms with E-state index in [2.05, 4.69) is 19.3 Å². The standard InChI is InChI=1S/C39H49N3O11S2/c1-8-54-39(55-9-2)28-12-10-15-41(28)38(43)26-21-33(47-4)34(23-29(26)42(44)45)52-17-11-16-51-30-14-13-24(18-32(30)46-3)27-22-31(53-40-27)25-19-35(48-5)37(50-7)36(20-25)49-6/h13-14,18-23,28,31,39-40H,8-12,15-17H2,1-7H3/t28-,31?/m0/s1. The van der Waals surface area contributed by atoms with Gasteiger partial charge in [0.1, 0.15) is 11.7 Å². The maximum absolute atomic E-state index is 13.8. The van der Waals surface area contributed by atoms with Crippen molar-refractivity contribution in [1.29, 1.82) is 0 Å². The van der Waals surface area contributed by atoms with E-state index in [9.17, 15) is 14.9 Å². The maximum atomic E-state index is 13.8. The van der Waals surface area contributed by atoms with Gasteiger partial charge in [-0.1, -0.05) is 13.8 Å². The number of likely N-dealkylation sites (tertiary alicyclic amines) is 1. The monoisotopic (exact) mass is 799 g/mol. The Balaban J connectivity index is 1.21. The van der Waals surface area contributed by atoms with Crippen molar-refractivity contribution in [3.05, 3.63) is 75.3 Å². The van der Waals surface area contributed by atoms with Crippen molar-refractivity contribution in [2.24, 2.45) is 0 Å². The molecule has 14 nitrogen and oxygen atoms in total. The van der Waals surface area contributed by atoms with Gasteiger partial charge in [0.15, 0.2) is 34.5 Å². The molecule has 1 N–H and O–H groups in total. The molecular formula is C39H49N3O11S2. The van der Waals surface area contributed by atoms with Crippen LogP contribution in [0.5, 0.6) is 40.2 Å². The maximum Gasteiger partial charge on any atom is 0.286 e. The molecule has 5 rings (SSSR count). The van der Waals surface area contributed by atoms with E-state index >= 15 is 0 Å². The highest BCUT2D eigenvalue weighted by Gasteiger charge is 2.38. The quantitative estimate of drug-likeness (QED) is 0.0519. The molecule has 2 atom stereocenters. The average molecular weight is 800 g/mol. The van der Waals surface area contributed by atoms with Crippen molar-refractivity contribution in [1.82, 2.24) is 10.4 Å². The van der Waals surface area contributed by atoms with Crippen LogP contribution in [0, 0.1) is 10.1 Å². The molecule has 0 aliphatic carbocycles. The number of methoxy groups -OCH3 is 5. The van der Waals surface area contributed by atoms with Crippen molar-refractivity contribution < 1.29 is 47.7 Å². The number of rotatable bonds is 20. The largest absolute Gasteiger partial charge is 0.493 e. The Bertz CT molecular complexity index is 1810. The predicted octanol–water partition coefficient (Wildman–Crippen LogP) is 7.54. The second-order valence-corrected chi connectivity index (χ2v) is 15.5. The van der Waals surface area contributed by atoms with E-state index in [1.54, 1.807) is 39.4 Å². The lowest BCUT2D eigenvalue weighted by atomic mass is 10.0. The van der Waals surface area contributed by atoms with Crippen molar-refractivity contribution in [2.45, 2.75) is 49.8 Å². The first-order valence-electron chi connectivity index (χ1n) is 18.0. The van der Waals surface area contributed by atoms with Crippen LogP contribution in [0.25, 0.3) is 5.70 Å². The second-order valence-electron chi connectivity index (χ2n) is 12.4. The van der Waals surface area contributed by atoms with Crippen LogP contribution in [0.4, 0.5) is 5.69 Å². The molecule has 55 heavy (non-hydrogen) atoms. The molecule has 0 saturated carbocycles. The number of hydroxylamine groups is 1. The fourth-order valence-corrected chi connectivity index (χ4v) is 9.40.